The fourth-order valence-electron chi connectivity index (χ4n) is 1.56. The molecule has 4 heteroatoms. The van der Waals surface area contributed by atoms with E-state index in [0.717, 1.165) is 17.9 Å². The van der Waals surface area contributed by atoms with Crippen molar-refractivity contribution in [1.29, 1.82) is 0 Å². The maximum atomic E-state index is 11.9. The number of nitrogens with zero attached hydrogens (tertiary/aromatic N) is 1. The van der Waals surface area contributed by atoms with Gasteiger partial charge in [0.25, 0.3) is 0 Å². The largest absolute Gasteiger partial charge is 0.395 e. The van der Waals surface area contributed by atoms with Gasteiger partial charge in [-0.05, 0) is 12.2 Å². The summed E-state index contributed by atoms with van der Waals surface area (Å²) in [6.45, 7) is 4.60. The molecule has 0 aromatic heterocycles. The number of amides is 1. The molecule has 1 aliphatic heterocycles. The highest BCUT2D eigenvalue weighted by molar-refractivity contribution is 7.99. The van der Waals surface area contributed by atoms with E-state index in [1.54, 1.807) is 11.0 Å². The van der Waals surface area contributed by atoms with Crippen molar-refractivity contribution in [3.63, 3.8) is 0 Å². The average molecular weight is 215 g/mol. The molecule has 3 nitrogen and oxygen atoms in total. The van der Waals surface area contributed by atoms with Crippen molar-refractivity contribution in [3.05, 3.63) is 12.7 Å². The van der Waals surface area contributed by atoms with E-state index < -0.39 is 0 Å². The first-order valence-corrected chi connectivity index (χ1v) is 6.03. The minimum atomic E-state index is 0.0272. The number of thioether (sulfide) groups is 1. The van der Waals surface area contributed by atoms with Gasteiger partial charge in [-0.3, -0.25) is 4.79 Å². The van der Waals surface area contributed by atoms with Gasteiger partial charge in [0.05, 0.1) is 6.61 Å². The van der Waals surface area contributed by atoms with Gasteiger partial charge < -0.3 is 10.0 Å². The summed E-state index contributed by atoms with van der Waals surface area (Å²) in [5, 5.41) is 8.82. The normalized spacial score (nSPS) is 20.8. The van der Waals surface area contributed by atoms with Gasteiger partial charge in [0.1, 0.15) is 0 Å². The third kappa shape index (κ3) is 3.03. The predicted octanol–water partition coefficient (Wildman–Crippen LogP) is 0.746. The van der Waals surface area contributed by atoms with E-state index in [0.29, 0.717) is 13.1 Å². The number of carbonyl (C=O) groups is 1. The van der Waals surface area contributed by atoms with Crippen LogP contribution < -0.4 is 0 Å². The van der Waals surface area contributed by atoms with Crippen molar-refractivity contribution < 1.29 is 9.90 Å². The van der Waals surface area contributed by atoms with Gasteiger partial charge in [0.2, 0.25) is 5.91 Å². The molecule has 1 amide bonds. The summed E-state index contributed by atoms with van der Waals surface area (Å²) >= 11 is 1.83. The van der Waals surface area contributed by atoms with Crippen LogP contribution >= 0.6 is 11.8 Å². The number of aliphatic hydroxyl groups is 1. The lowest BCUT2D eigenvalue weighted by Gasteiger charge is -2.23. The quantitative estimate of drug-likeness (QED) is 0.688. The third-order valence-electron chi connectivity index (χ3n) is 2.31. The van der Waals surface area contributed by atoms with Crippen LogP contribution in [0, 0.1) is 5.92 Å². The molecule has 1 saturated heterocycles. The molecule has 1 atom stereocenters. The molecule has 1 aliphatic rings. The molecule has 1 N–H and O–H groups in total. The smallest absolute Gasteiger partial charge is 0.226 e. The zero-order valence-electron chi connectivity index (χ0n) is 8.32. The molecule has 0 radical (unpaired) electrons. The Morgan fingerprint density at radius 3 is 3.00 bits per heavy atom. The van der Waals surface area contributed by atoms with Crippen LogP contribution in [0.4, 0.5) is 0 Å². The first-order chi connectivity index (χ1) is 6.79. The Morgan fingerprint density at radius 2 is 2.50 bits per heavy atom. The van der Waals surface area contributed by atoms with Crippen LogP contribution in [0.2, 0.25) is 0 Å². The van der Waals surface area contributed by atoms with E-state index in [1.807, 2.05) is 11.8 Å². The van der Waals surface area contributed by atoms with Crippen molar-refractivity contribution in [2.75, 3.05) is 31.2 Å². The molecular weight excluding hydrogens is 198 g/mol. The number of carbonyl (C=O) groups excluding carboxylic acids is 1. The number of aliphatic hydroxyl groups excluding tert-OH is 1. The summed E-state index contributed by atoms with van der Waals surface area (Å²) in [7, 11) is 0. The SMILES string of the molecule is C=CCN(CCO)C(=O)C1CCSC1. The lowest BCUT2D eigenvalue weighted by atomic mass is 10.1. The maximum absolute atomic E-state index is 11.9. The second kappa shape index (κ2) is 6.09. The topological polar surface area (TPSA) is 40.5 Å². The second-order valence-electron chi connectivity index (χ2n) is 3.36. The zero-order chi connectivity index (χ0) is 10.4. The van der Waals surface area contributed by atoms with E-state index in [4.69, 9.17) is 5.11 Å². The zero-order valence-corrected chi connectivity index (χ0v) is 9.13. The molecule has 1 rings (SSSR count). The molecule has 0 spiro atoms. The number of hydrogen-bond donors (Lipinski definition) is 1. The van der Waals surface area contributed by atoms with Crippen LogP contribution in [-0.4, -0.2) is 47.1 Å². The molecular formula is C10H17NO2S. The summed E-state index contributed by atoms with van der Waals surface area (Å²) < 4.78 is 0. The summed E-state index contributed by atoms with van der Waals surface area (Å²) in [5.74, 6) is 2.34. The summed E-state index contributed by atoms with van der Waals surface area (Å²) in [4.78, 5) is 13.6. The predicted molar refractivity (Wildman–Crippen MR) is 59.3 cm³/mol. The van der Waals surface area contributed by atoms with Crippen LogP contribution in [0.1, 0.15) is 6.42 Å². The van der Waals surface area contributed by atoms with Crippen LogP contribution in [0.15, 0.2) is 12.7 Å². The standard InChI is InChI=1S/C10H17NO2S/c1-2-4-11(5-6-12)10(13)9-3-7-14-8-9/h2,9,12H,1,3-8H2. The minimum Gasteiger partial charge on any atom is -0.395 e. The molecule has 1 fully saturated rings. The Bertz CT molecular complexity index is 202. The summed E-state index contributed by atoms with van der Waals surface area (Å²) in [5.41, 5.74) is 0. The Balaban J connectivity index is 2.47. The Kier molecular flexibility index (Phi) is 5.04. The van der Waals surface area contributed by atoms with Gasteiger partial charge in [-0.25, -0.2) is 0 Å². The Hall–Kier alpha value is -0.480. The maximum Gasteiger partial charge on any atom is 0.226 e. The lowest BCUT2D eigenvalue weighted by molar-refractivity contribution is -0.134. The van der Waals surface area contributed by atoms with Gasteiger partial charge in [-0.2, -0.15) is 11.8 Å². The highest BCUT2D eigenvalue weighted by Gasteiger charge is 2.26. The number of hydrogen-bond acceptors (Lipinski definition) is 3. The first-order valence-electron chi connectivity index (χ1n) is 4.88. The first kappa shape index (κ1) is 11.6. The minimum absolute atomic E-state index is 0.0272. The van der Waals surface area contributed by atoms with E-state index in [2.05, 4.69) is 6.58 Å². The number of rotatable bonds is 5. The molecule has 1 unspecified atom stereocenters. The van der Waals surface area contributed by atoms with Gasteiger partial charge in [0, 0.05) is 24.8 Å². The summed E-state index contributed by atoms with van der Waals surface area (Å²) in [6.07, 6.45) is 2.68. The lowest BCUT2D eigenvalue weighted by Crippen LogP contribution is -2.38. The van der Waals surface area contributed by atoms with Crippen LogP contribution in [0.3, 0.4) is 0 Å². The molecule has 0 aromatic carbocycles. The van der Waals surface area contributed by atoms with Gasteiger partial charge in [-0.1, -0.05) is 6.08 Å². The van der Waals surface area contributed by atoms with E-state index >= 15 is 0 Å². The highest BCUT2D eigenvalue weighted by atomic mass is 32.2. The molecule has 0 aliphatic carbocycles. The molecule has 14 heavy (non-hydrogen) atoms. The third-order valence-corrected chi connectivity index (χ3v) is 3.47. The fraction of sp³-hybridized carbons (Fsp3) is 0.700. The van der Waals surface area contributed by atoms with Crippen LogP contribution in [0.25, 0.3) is 0 Å². The monoisotopic (exact) mass is 215 g/mol. The average Bonchev–Trinajstić information content (AvgIpc) is 2.69. The Morgan fingerprint density at radius 1 is 1.71 bits per heavy atom. The van der Waals surface area contributed by atoms with E-state index in [1.165, 1.54) is 0 Å². The van der Waals surface area contributed by atoms with Crippen LogP contribution in [-0.2, 0) is 4.79 Å². The van der Waals surface area contributed by atoms with Crippen molar-refractivity contribution >= 4 is 17.7 Å². The molecule has 80 valence electrons. The molecule has 0 saturated carbocycles. The molecule has 0 aromatic rings. The molecule has 0 bridgehead atoms. The van der Waals surface area contributed by atoms with Crippen LogP contribution in [0.5, 0.6) is 0 Å². The van der Waals surface area contributed by atoms with Crippen molar-refractivity contribution in [2.24, 2.45) is 5.92 Å². The van der Waals surface area contributed by atoms with Crippen molar-refractivity contribution in [3.8, 4) is 0 Å². The van der Waals surface area contributed by atoms with Gasteiger partial charge in [0.15, 0.2) is 0 Å². The van der Waals surface area contributed by atoms with E-state index in [-0.39, 0.29) is 18.4 Å². The second-order valence-corrected chi connectivity index (χ2v) is 4.51. The van der Waals surface area contributed by atoms with Crippen molar-refractivity contribution in [2.45, 2.75) is 6.42 Å². The molecule has 1 heterocycles. The van der Waals surface area contributed by atoms with Crippen molar-refractivity contribution in [1.82, 2.24) is 4.90 Å². The Labute approximate surface area is 89.2 Å². The highest BCUT2D eigenvalue weighted by Crippen LogP contribution is 2.25. The summed E-state index contributed by atoms with van der Waals surface area (Å²) in [6, 6.07) is 0. The fourth-order valence-corrected chi connectivity index (χ4v) is 2.77. The van der Waals surface area contributed by atoms with Gasteiger partial charge >= 0.3 is 0 Å². The van der Waals surface area contributed by atoms with Gasteiger partial charge in [-0.15, -0.1) is 6.58 Å². The van der Waals surface area contributed by atoms with E-state index in [9.17, 15) is 4.79 Å².